The lowest BCUT2D eigenvalue weighted by molar-refractivity contribution is 0.0267. The number of pyridine rings is 1. The average Bonchev–Trinajstić information content (AvgIpc) is 2.09. The average molecular weight is 152 g/mol. The lowest BCUT2D eigenvalue weighted by Gasteiger charge is -2.09. The number of rotatable bonds is 3. The van der Waals surface area contributed by atoms with Crippen LogP contribution in [-0.4, -0.2) is 19.2 Å². The maximum absolute atomic E-state index is 4.94. The first-order valence-corrected chi connectivity index (χ1v) is 3.24. The highest BCUT2D eigenvalue weighted by Gasteiger charge is 2.09. The Labute approximate surface area is 66.0 Å². The molecule has 0 aliphatic heterocycles. The second-order valence-corrected chi connectivity index (χ2v) is 1.94. The Hall–Kier alpha value is -0.930. The Kier molecular flexibility index (Phi) is 3.01. The predicted molar refractivity (Wildman–Crippen MR) is 40.6 cm³/mol. The Balaban J connectivity index is 2.74. The molecule has 1 rings (SSSR count). The van der Waals surface area contributed by atoms with Gasteiger partial charge in [0.1, 0.15) is 0 Å². The minimum Gasteiger partial charge on any atom is -0.345 e. The minimum absolute atomic E-state index is 0.484. The van der Waals surface area contributed by atoms with E-state index in [9.17, 15) is 0 Å². The summed E-state index contributed by atoms with van der Waals surface area (Å²) in [7, 11) is 3.12. The molecule has 0 saturated heterocycles. The molecule has 3 nitrogen and oxygen atoms in total. The van der Waals surface area contributed by atoms with Crippen LogP contribution in [0.2, 0.25) is 0 Å². The number of hydrogen-bond acceptors (Lipinski definition) is 3. The van der Waals surface area contributed by atoms with Crippen LogP contribution in [0.5, 0.6) is 0 Å². The van der Waals surface area contributed by atoms with E-state index in [1.165, 1.54) is 0 Å². The van der Waals surface area contributed by atoms with Crippen LogP contribution in [-0.2, 0) is 9.47 Å². The summed E-state index contributed by atoms with van der Waals surface area (Å²) >= 11 is 0. The van der Waals surface area contributed by atoms with Gasteiger partial charge in [-0.3, -0.25) is 4.98 Å². The molecular weight excluding hydrogens is 142 g/mol. The lowest BCUT2D eigenvalue weighted by Crippen LogP contribution is -2.04. The number of hydrogen-bond donors (Lipinski definition) is 0. The van der Waals surface area contributed by atoms with Crippen molar-refractivity contribution in [3.05, 3.63) is 36.4 Å². The van der Waals surface area contributed by atoms with Crippen molar-refractivity contribution in [2.45, 2.75) is 0 Å². The maximum Gasteiger partial charge on any atom is 0.257 e. The smallest absolute Gasteiger partial charge is 0.257 e. The van der Waals surface area contributed by atoms with Crippen LogP contribution in [0, 0.1) is 6.29 Å². The van der Waals surface area contributed by atoms with E-state index < -0.39 is 0 Å². The zero-order valence-corrected chi connectivity index (χ0v) is 6.57. The topological polar surface area (TPSA) is 31.4 Å². The van der Waals surface area contributed by atoms with Gasteiger partial charge in [-0.2, -0.15) is 0 Å². The van der Waals surface area contributed by atoms with Crippen molar-refractivity contribution >= 4 is 0 Å². The second kappa shape index (κ2) is 4.05. The van der Waals surface area contributed by atoms with Crippen LogP contribution in [0.3, 0.4) is 0 Å². The fourth-order valence-corrected chi connectivity index (χ4v) is 0.803. The van der Waals surface area contributed by atoms with E-state index in [2.05, 4.69) is 4.98 Å². The summed E-state index contributed by atoms with van der Waals surface area (Å²) in [5.74, 6) is 0. The first kappa shape index (κ1) is 8.17. The van der Waals surface area contributed by atoms with Crippen LogP contribution in [0.25, 0.3) is 0 Å². The molecule has 0 atom stereocenters. The molecule has 0 fully saturated rings. The van der Waals surface area contributed by atoms with Gasteiger partial charge in [-0.15, -0.1) is 0 Å². The quantitative estimate of drug-likeness (QED) is 0.652. The van der Waals surface area contributed by atoms with E-state index in [0.717, 1.165) is 5.56 Å². The fourth-order valence-electron chi connectivity index (χ4n) is 0.803. The lowest BCUT2D eigenvalue weighted by atomic mass is 10.3. The van der Waals surface area contributed by atoms with Gasteiger partial charge in [0.15, 0.2) is 0 Å². The van der Waals surface area contributed by atoms with E-state index in [1.54, 1.807) is 26.6 Å². The van der Waals surface area contributed by atoms with Crippen LogP contribution >= 0.6 is 0 Å². The number of nitrogens with zero attached hydrogens (tertiary/aromatic N) is 1. The van der Waals surface area contributed by atoms with Crippen LogP contribution in [0.1, 0.15) is 5.56 Å². The third-order valence-corrected chi connectivity index (χ3v) is 1.27. The van der Waals surface area contributed by atoms with Gasteiger partial charge in [0.25, 0.3) is 6.29 Å². The number of methoxy groups -OCH3 is 2. The van der Waals surface area contributed by atoms with Gasteiger partial charge >= 0.3 is 0 Å². The van der Waals surface area contributed by atoms with Crippen molar-refractivity contribution in [3.8, 4) is 0 Å². The third kappa shape index (κ3) is 2.00. The molecule has 0 N–H and O–H groups in total. The monoisotopic (exact) mass is 152 g/mol. The highest BCUT2D eigenvalue weighted by Crippen LogP contribution is 2.13. The highest BCUT2D eigenvalue weighted by atomic mass is 16.7. The highest BCUT2D eigenvalue weighted by molar-refractivity contribution is 5.19. The summed E-state index contributed by atoms with van der Waals surface area (Å²) < 4.78 is 9.88. The maximum atomic E-state index is 4.94. The Morgan fingerprint density at radius 3 is 2.55 bits per heavy atom. The molecule has 1 aromatic rings. The fraction of sp³-hybridized carbons (Fsp3) is 0.250. The standard InChI is InChI=1S/C8H10NO2/c1-10-8(11-2)7-4-3-5-9-6-7/h3-6H,1-2H3. The van der Waals surface area contributed by atoms with Gasteiger partial charge in [0, 0.05) is 32.2 Å². The molecule has 1 radical (unpaired) electrons. The summed E-state index contributed by atoms with van der Waals surface area (Å²) in [5, 5.41) is 0. The van der Waals surface area contributed by atoms with Gasteiger partial charge in [0.2, 0.25) is 0 Å². The van der Waals surface area contributed by atoms with Crippen LogP contribution in [0.4, 0.5) is 0 Å². The van der Waals surface area contributed by atoms with E-state index in [4.69, 9.17) is 9.47 Å². The second-order valence-electron chi connectivity index (χ2n) is 1.94. The number of ether oxygens (including phenoxy) is 2. The molecular formula is C8H10NO2. The van der Waals surface area contributed by atoms with Crippen molar-refractivity contribution in [1.29, 1.82) is 0 Å². The SMILES string of the molecule is CO[C](OC)c1cccnc1. The molecule has 0 amide bonds. The van der Waals surface area contributed by atoms with E-state index >= 15 is 0 Å². The summed E-state index contributed by atoms with van der Waals surface area (Å²) in [6.45, 7) is 0. The Morgan fingerprint density at radius 2 is 2.09 bits per heavy atom. The molecule has 0 unspecified atom stereocenters. The van der Waals surface area contributed by atoms with E-state index in [0.29, 0.717) is 6.29 Å². The normalized spacial score (nSPS) is 10.5. The van der Waals surface area contributed by atoms with Gasteiger partial charge in [-0.25, -0.2) is 0 Å². The van der Waals surface area contributed by atoms with Gasteiger partial charge in [0.05, 0.1) is 0 Å². The Morgan fingerprint density at radius 1 is 1.36 bits per heavy atom. The largest absolute Gasteiger partial charge is 0.345 e. The molecule has 0 saturated carbocycles. The van der Waals surface area contributed by atoms with Crippen molar-refractivity contribution in [3.63, 3.8) is 0 Å². The molecule has 0 bridgehead atoms. The van der Waals surface area contributed by atoms with Gasteiger partial charge in [-0.05, 0) is 6.07 Å². The molecule has 11 heavy (non-hydrogen) atoms. The van der Waals surface area contributed by atoms with Crippen LogP contribution < -0.4 is 0 Å². The Bertz CT molecular complexity index is 197. The molecule has 0 aliphatic carbocycles. The summed E-state index contributed by atoms with van der Waals surface area (Å²) in [6, 6.07) is 3.70. The van der Waals surface area contributed by atoms with Crippen molar-refractivity contribution in [2.75, 3.05) is 14.2 Å². The predicted octanol–water partition coefficient (Wildman–Crippen LogP) is 1.21. The minimum atomic E-state index is 0.484. The van der Waals surface area contributed by atoms with Crippen molar-refractivity contribution in [2.24, 2.45) is 0 Å². The van der Waals surface area contributed by atoms with Crippen molar-refractivity contribution in [1.82, 2.24) is 4.98 Å². The summed E-state index contributed by atoms with van der Waals surface area (Å²) in [5.41, 5.74) is 0.845. The first-order valence-electron chi connectivity index (χ1n) is 3.24. The molecule has 1 heterocycles. The zero-order chi connectivity index (χ0) is 8.10. The molecule has 59 valence electrons. The first-order chi connectivity index (χ1) is 5.38. The molecule has 0 aliphatic rings. The molecule has 1 aromatic heterocycles. The van der Waals surface area contributed by atoms with Crippen LogP contribution in [0.15, 0.2) is 24.5 Å². The molecule has 3 heteroatoms. The zero-order valence-electron chi connectivity index (χ0n) is 6.57. The molecule has 0 aromatic carbocycles. The summed E-state index contributed by atoms with van der Waals surface area (Å²) in [6.07, 6.45) is 3.87. The number of aromatic nitrogens is 1. The van der Waals surface area contributed by atoms with Gasteiger partial charge < -0.3 is 9.47 Å². The van der Waals surface area contributed by atoms with E-state index in [-0.39, 0.29) is 0 Å². The van der Waals surface area contributed by atoms with Gasteiger partial charge in [-0.1, -0.05) is 6.07 Å². The summed E-state index contributed by atoms with van der Waals surface area (Å²) in [4.78, 5) is 3.92. The van der Waals surface area contributed by atoms with Crippen molar-refractivity contribution < 1.29 is 9.47 Å². The third-order valence-electron chi connectivity index (χ3n) is 1.27. The van der Waals surface area contributed by atoms with E-state index in [1.807, 2.05) is 12.1 Å². The molecule has 0 spiro atoms.